The number of piperazine rings is 1. The summed E-state index contributed by atoms with van der Waals surface area (Å²) in [5, 5.41) is 3.69. The molecule has 0 saturated carbocycles. The van der Waals surface area contributed by atoms with E-state index in [1.165, 1.54) is 11.0 Å². The third-order valence-corrected chi connectivity index (χ3v) is 5.68. The Balaban J connectivity index is 1.46. The summed E-state index contributed by atoms with van der Waals surface area (Å²) in [4.78, 5) is 33.7. The van der Waals surface area contributed by atoms with Crippen molar-refractivity contribution in [2.45, 2.75) is 25.8 Å². The molecule has 0 radical (unpaired) electrons. The molecule has 1 N–H and O–H groups in total. The van der Waals surface area contributed by atoms with Gasteiger partial charge in [-0.2, -0.15) is 0 Å². The van der Waals surface area contributed by atoms with Gasteiger partial charge in [0.2, 0.25) is 11.8 Å². The van der Waals surface area contributed by atoms with E-state index in [9.17, 15) is 14.0 Å². The maximum atomic E-state index is 14.0. The zero-order chi connectivity index (χ0) is 20.8. The number of piperidine rings is 1. The molecule has 0 bridgehead atoms. The van der Waals surface area contributed by atoms with Gasteiger partial charge in [0.1, 0.15) is 5.82 Å². The molecule has 9 heteroatoms. The minimum Gasteiger partial charge on any atom is -0.354 e. The maximum absolute atomic E-state index is 14.0. The van der Waals surface area contributed by atoms with Crippen LogP contribution < -0.4 is 5.32 Å². The Kier molecular flexibility index (Phi) is 7.44. The first-order valence-electron chi connectivity index (χ1n) is 9.93. The van der Waals surface area contributed by atoms with Crippen LogP contribution in [0.15, 0.2) is 23.2 Å². The summed E-state index contributed by atoms with van der Waals surface area (Å²) in [5.41, 5.74) is 0.529. The van der Waals surface area contributed by atoms with E-state index in [1.54, 1.807) is 19.2 Å². The molecular formula is C20H27ClFN5O2. The van der Waals surface area contributed by atoms with E-state index in [4.69, 9.17) is 11.6 Å². The maximum Gasteiger partial charge on any atom is 0.229 e. The van der Waals surface area contributed by atoms with E-state index < -0.39 is 0 Å². The molecule has 1 aromatic rings. The molecule has 0 aliphatic carbocycles. The minimum absolute atomic E-state index is 0.0987. The molecular weight excluding hydrogens is 397 g/mol. The number of rotatable bonds is 5. The number of nitrogens with one attached hydrogen (secondary N) is 1. The number of aliphatic imine (C=N–C) groups is 1. The molecule has 3 rings (SSSR count). The summed E-state index contributed by atoms with van der Waals surface area (Å²) in [7, 11) is 1.71. The van der Waals surface area contributed by atoms with Crippen molar-refractivity contribution in [1.82, 2.24) is 20.0 Å². The summed E-state index contributed by atoms with van der Waals surface area (Å²) in [6.45, 7) is 4.30. The minimum atomic E-state index is -0.279. The number of carbonyl (C=O) groups excluding carboxylic acids is 2. The molecule has 0 spiro atoms. The Labute approximate surface area is 175 Å². The Morgan fingerprint density at radius 3 is 2.48 bits per heavy atom. The van der Waals surface area contributed by atoms with E-state index in [2.05, 4.69) is 20.1 Å². The average Bonchev–Trinajstić information content (AvgIpc) is 2.71. The summed E-state index contributed by atoms with van der Waals surface area (Å²) in [6, 6.07) is 4.75. The van der Waals surface area contributed by atoms with Crippen molar-refractivity contribution in [2.75, 3.05) is 46.3 Å². The van der Waals surface area contributed by atoms with E-state index in [1.807, 2.05) is 0 Å². The van der Waals surface area contributed by atoms with Crippen LogP contribution in [0.3, 0.4) is 0 Å². The third-order valence-electron chi connectivity index (χ3n) is 5.33. The lowest BCUT2D eigenvalue weighted by Gasteiger charge is -2.37. The molecule has 2 amide bonds. The molecule has 2 heterocycles. The molecule has 0 aromatic heterocycles. The van der Waals surface area contributed by atoms with Crippen LogP contribution in [0.4, 0.5) is 4.39 Å². The molecule has 2 fully saturated rings. The second-order valence-corrected chi connectivity index (χ2v) is 7.64. The Bertz CT molecular complexity index is 744. The monoisotopic (exact) mass is 423 g/mol. The van der Waals surface area contributed by atoms with Crippen LogP contribution in [-0.4, -0.2) is 78.8 Å². The van der Waals surface area contributed by atoms with Crippen molar-refractivity contribution in [3.63, 3.8) is 0 Å². The number of hydrogen-bond acceptors (Lipinski definition) is 4. The number of nitrogens with zero attached hydrogens (tertiary/aromatic N) is 4. The second kappa shape index (κ2) is 10.0. The number of carbonyl (C=O) groups is 2. The summed E-state index contributed by atoms with van der Waals surface area (Å²) in [5.74, 6) is 0.265. The Morgan fingerprint density at radius 1 is 1.17 bits per heavy atom. The first kappa shape index (κ1) is 21.5. The predicted molar refractivity (Wildman–Crippen MR) is 110 cm³/mol. The SMILES string of the molecule is CN=C(NCCN1C(=O)CCCC1=O)N1CCN(Cc2c(F)cccc2Cl)CC1. The van der Waals surface area contributed by atoms with Gasteiger partial charge in [-0.1, -0.05) is 17.7 Å². The molecule has 1 aromatic carbocycles. The number of imide groups is 1. The van der Waals surface area contributed by atoms with Gasteiger partial charge in [-0.05, 0) is 18.6 Å². The van der Waals surface area contributed by atoms with Crippen molar-refractivity contribution in [2.24, 2.45) is 4.99 Å². The van der Waals surface area contributed by atoms with Crippen LogP contribution in [0.5, 0.6) is 0 Å². The molecule has 2 aliphatic rings. The van der Waals surface area contributed by atoms with Gasteiger partial charge < -0.3 is 10.2 Å². The summed E-state index contributed by atoms with van der Waals surface area (Å²) < 4.78 is 14.0. The van der Waals surface area contributed by atoms with E-state index >= 15 is 0 Å². The van der Waals surface area contributed by atoms with Gasteiger partial charge in [0.15, 0.2) is 5.96 Å². The normalized spacial score (nSPS) is 19.1. The van der Waals surface area contributed by atoms with Crippen molar-refractivity contribution in [3.8, 4) is 0 Å². The van der Waals surface area contributed by atoms with Gasteiger partial charge in [0.25, 0.3) is 0 Å². The average molecular weight is 424 g/mol. The molecule has 29 heavy (non-hydrogen) atoms. The van der Waals surface area contributed by atoms with Crippen LogP contribution in [0, 0.1) is 5.82 Å². The Hall–Kier alpha value is -2.19. The standard InChI is InChI=1S/C20H27ClFN5O2/c1-23-20(24-8-9-27-18(28)6-3-7-19(27)29)26-12-10-25(11-13-26)14-15-16(21)4-2-5-17(15)22/h2,4-5H,3,6-14H2,1H3,(H,23,24). The molecule has 0 atom stereocenters. The molecule has 2 saturated heterocycles. The Morgan fingerprint density at radius 2 is 1.86 bits per heavy atom. The first-order valence-corrected chi connectivity index (χ1v) is 10.3. The fraction of sp³-hybridized carbons (Fsp3) is 0.550. The summed E-state index contributed by atoms with van der Waals surface area (Å²) >= 11 is 6.13. The zero-order valence-corrected chi connectivity index (χ0v) is 17.4. The smallest absolute Gasteiger partial charge is 0.229 e. The number of amides is 2. The lowest BCUT2D eigenvalue weighted by Crippen LogP contribution is -2.53. The highest BCUT2D eigenvalue weighted by Crippen LogP contribution is 2.21. The van der Waals surface area contributed by atoms with Gasteiger partial charge in [-0.15, -0.1) is 0 Å². The van der Waals surface area contributed by atoms with Gasteiger partial charge >= 0.3 is 0 Å². The second-order valence-electron chi connectivity index (χ2n) is 7.23. The van der Waals surface area contributed by atoms with Gasteiger partial charge in [0, 0.05) is 76.3 Å². The molecule has 2 aliphatic heterocycles. The van der Waals surface area contributed by atoms with E-state index in [-0.39, 0.29) is 17.6 Å². The van der Waals surface area contributed by atoms with Gasteiger partial charge in [-0.3, -0.25) is 24.4 Å². The fourth-order valence-corrected chi connectivity index (χ4v) is 3.91. The van der Waals surface area contributed by atoms with Crippen LogP contribution in [0.2, 0.25) is 5.02 Å². The lowest BCUT2D eigenvalue weighted by molar-refractivity contribution is -0.147. The van der Waals surface area contributed by atoms with Crippen LogP contribution in [-0.2, 0) is 16.1 Å². The topological polar surface area (TPSA) is 68.2 Å². The van der Waals surface area contributed by atoms with E-state index in [0.717, 1.165) is 32.1 Å². The molecule has 0 unspecified atom stereocenters. The zero-order valence-electron chi connectivity index (χ0n) is 16.7. The van der Waals surface area contributed by atoms with Crippen molar-refractivity contribution in [1.29, 1.82) is 0 Å². The fourth-order valence-electron chi connectivity index (χ4n) is 3.69. The highest BCUT2D eigenvalue weighted by atomic mass is 35.5. The summed E-state index contributed by atoms with van der Waals surface area (Å²) in [6.07, 6.45) is 1.52. The lowest BCUT2D eigenvalue weighted by atomic mass is 10.1. The first-order chi connectivity index (χ1) is 14.0. The predicted octanol–water partition coefficient (Wildman–Crippen LogP) is 1.71. The van der Waals surface area contributed by atoms with E-state index in [0.29, 0.717) is 49.5 Å². The highest BCUT2D eigenvalue weighted by Gasteiger charge is 2.26. The van der Waals surface area contributed by atoms with Gasteiger partial charge in [-0.25, -0.2) is 4.39 Å². The number of hydrogen-bond donors (Lipinski definition) is 1. The third kappa shape index (κ3) is 5.45. The van der Waals surface area contributed by atoms with Crippen LogP contribution in [0.25, 0.3) is 0 Å². The van der Waals surface area contributed by atoms with Crippen molar-refractivity contribution < 1.29 is 14.0 Å². The van der Waals surface area contributed by atoms with Crippen LogP contribution in [0.1, 0.15) is 24.8 Å². The number of likely N-dealkylation sites (tertiary alicyclic amines) is 1. The molecule has 7 nitrogen and oxygen atoms in total. The number of benzene rings is 1. The van der Waals surface area contributed by atoms with Crippen molar-refractivity contribution >= 4 is 29.4 Å². The van der Waals surface area contributed by atoms with Crippen LogP contribution >= 0.6 is 11.6 Å². The molecule has 158 valence electrons. The highest BCUT2D eigenvalue weighted by molar-refractivity contribution is 6.31. The number of halogens is 2. The van der Waals surface area contributed by atoms with Gasteiger partial charge in [0.05, 0.1) is 0 Å². The number of guanidine groups is 1. The quantitative estimate of drug-likeness (QED) is 0.443. The van der Waals surface area contributed by atoms with Crippen molar-refractivity contribution in [3.05, 3.63) is 34.6 Å². The largest absolute Gasteiger partial charge is 0.354 e.